The van der Waals surface area contributed by atoms with Crippen LogP contribution in [0.25, 0.3) is 21.8 Å². The Labute approximate surface area is 364 Å². The Hall–Kier alpha value is -4.07. The lowest BCUT2D eigenvalue weighted by Gasteiger charge is -2.36. The van der Waals surface area contributed by atoms with Gasteiger partial charge in [-0.05, 0) is 85.1 Å². The standard InChI is InChI=1S/C42H47ClN10O4S3/c43-42-47-35-22-29(50-13-16-56-17-14-50)5-8-32(35)39(48-42)53-12-2-4-28(24-53)49-60(55)41-33(9-19-59-41)36-25-51(15-18-57-36)30-6-7-31-34(21-30)45-26-46-38(31)52-11-1-3-27(23-52)37(54)40-44-10-20-58-40/h5-10,19-22,26-28,36-37,49,54H,1-4,11-18,23-25H2. The third-order valence-electron chi connectivity index (χ3n) is 12.1. The summed E-state index contributed by atoms with van der Waals surface area (Å²) in [5, 5.41) is 17.9. The van der Waals surface area contributed by atoms with Crippen molar-refractivity contribution >= 4 is 90.1 Å². The minimum atomic E-state index is -1.44. The number of hydrogen-bond donors (Lipinski definition) is 2. The number of nitrogens with one attached hydrogen (secondary N) is 1. The fourth-order valence-corrected chi connectivity index (χ4v) is 12.3. The number of thiophene rings is 1. The number of morpholine rings is 2. The topological polar surface area (TPSA) is 145 Å². The lowest BCUT2D eigenvalue weighted by atomic mass is 9.92. The van der Waals surface area contributed by atoms with Gasteiger partial charge in [-0.25, -0.2) is 28.9 Å². The predicted octanol–water partition coefficient (Wildman–Crippen LogP) is 6.39. The summed E-state index contributed by atoms with van der Waals surface area (Å²) in [5.41, 5.74) is 4.81. The molecule has 5 atom stereocenters. The second-order valence-electron chi connectivity index (χ2n) is 15.8. The molecule has 4 aliphatic heterocycles. The molecule has 0 saturated carbocycles. The number of aromatic nitrogens is 5. The van der Waals surface area contributed by atoms with E-state index in [4.69, 9.17) is 36.0 Å². The molecular weight excluding hydrogens is 840 g/mol. The van der Waals surface area contributed by atoms with E-state index in [0.717, 1.165) is 118 Å². The summed E-state index contributed by atoms with van der Waals surface area (Å²) in [6.07, 6.45) is 6.32. The molecule has 0 aliphatic carbocycles. The van der Waals surface area contributed by atoms with E-state index < -0.39 is 17.1 Å². The lowest BCUT2D eigenvalue weighted by Crippen LogP contribution is -2.46. The summed E-state index contributed by atoms with van der Waals surface area (Å²) in [7, 11) is -1.44. The maximum atomic E-state index is 14.1. The predicted molar refractivity (Wildman–Crippen MR) is 239 cm³/mol. The molecule has 5 unspecified atom stereocenters. The molecule has 8 heterocycles. The first-order valence-corrected chi connectivity index (χ1v) is 24.0. The molecule has 0 bridgehead atoms. The highest BCUT2D eigenvalue weighted by atomic mass is 35.5. The van der Waals surface area contributed by atoms with E-state index in [2.05, 4.69) is 76.8 Å². The zero-order valence-electron chi connectivity index (χ0n) is 33.1. The van der Waals surface area contributed by atoms with Gasteiger partial charge in [-0.2, -0.15) is 4.98 Å². The van der Waals surface area contributed by atoms with Crippen molar-refractivity contribution in [2.75, 3.05) is 91.8 Å². The molecule has 4 aliphatic rings. The van der Waals surface area contributed by atoms with Gasteiger partial charge in [0.05, 0.1) is 30.9 Å². The third kappa shape index (κ3) is 8.30. The van der Waals surface area contributed by atoms with Gasteiger partial charge < -0.3 is 34.2 Å². The minimum Gasteiger partial charge on any atom is -0.386 e. The highest BCUT2D eigenvalue weighted by molar-refractivity contribution is 7.85. The van der Waals surface area contributed by atoms with Crippen LogP contribution in [0.2, 0.25) is 5.28 Å². The van der Waals surface area contributed by atoms with E-state index in [-0.39, 0.29) is 23.3 Å². The summed E-state index contributed by atoms with van der Waals surface area (Å²) in [6, 6.07) is 14.8. The minimum absolute atomic E-state index is 0.0157. The largest absolute Gasteiger partial charge is 0.386 e. The molecule has 2 aromatic carbocycles. The molecule has 4 aromatic heterocycles. The number of aliphatic hydroxyl groups excluding tert-OH is 1. The van der Waals surface area contributed by atoms with Crippen LogP contribution in [0.4, 0.5) is 23.0 Å². The SMILES string of the molecule is O=S(NC1CCCN(c2nc(Cl)nc3cc(N4CCOCC4)ccc23)C1)c1sccc1C1CN(c2ccc3c(N4CCCC(C(O)c5nccs5)C4)ncnc3c2)CCO1. The van der Waals surface area contributed by atoms with Crippen LogP contribution in [0.5, 0.6) is 0 Å². The van der Waals surface area contributed by atoms with Crippen LogP contribution in [0.3, 0.4) is 0 Å². The summed E-state index contributed by atoms with van der Waals surface area (Å²) < 4.78 is 30.3. The van der Waals surface area contributed by atoms with Crippen molar-refractivity contribution in [1.82, 2.24) is 29.6 Å². The number of thiazole rings is 1. The smallest absolute Gasteiger partial charge is 0.224 e. The van der Waals surface area contributed by atoms with Gasteiger partial charge in [-0.3, -0.25) is 0 Å². The van der Waals surface area contributed by atoms with Gasteiger partial charge >= 0.3 is 0 Å². The number of ether oxygens (including phenoxy) is 2. The third-order valence-corrected chi connectivity index (χ3v) is 15.7. The quantitative estimate of drug-likeness (QED) is 0.147. The van der Waals surface area contributed by atoms with Crippen LogP contribution in [0, 0.1) is 5.92 Å². The molecular formula is C42H47ClN10O4S3. The van der Waals surface area contributed by atoms with E-state index >= 15 is 0 Å². The highest BCUT2D eigenvalue weighted by Crippen LogP contribution is 2.37. The molecule has 60 heavy (non-hydrogen) atoms. The number of benzene rings is 2. The van der Waals surface area contributed by atoms with Crippen molar-refractivity contribution in [2.24, 2.45) is 5.92 Å². The molecule has 10 rings (SSSR count). The monoisotopic (exact) mass is 886 g/mol. The molecule has 4 fully saturated rings. The van der Waals surface area contributed by atoms with E-state index in [0.29, 0.717) is 39.5 Å². The van der Waals surface area contributed by atoms with Gasteiger partial charge in [0.15, 0.2) is 0 Å². The second-order valence-corrected chi connectivity index (χ2v) is 19.4. The van der Waals surface area contributed by atoms with Crippen LogP contribution >= 0.6 is 34.3 Å². The number of piperidine rings is 2. The lowest BCUT2D eigenvalue weighted by molar-refractivity contribution is 0.0385. The maximum Gasteiger partial charge on any atom is 0.224 e. The normalized spacial score (nSPS) is 22.7. The highest BCUT2D eigenvalue weighted by Gasteiger charge is 2.32. The number of rotatable bonds is 10. The Morgan fingerprint density at radius 3 is 2.38 bits per heavy atom. The van der Waals surface area contributed by atoms with E-state index in [1.807, 2.05) is 10.8 Å². The fourth-order valence-electron chi connectivity index (χ4n) is 9.09. The van der Waals surface area contributed by atoms with Crippen LogP contribution in [-0.2, 0) is 20.5 Å². The molecule has 0 spiro atoms. The van der Waals surface area contributed by atoms with Crippen molar-refractivity contribution in [3.63, 3.8) is 0 Å². The number of fused-ring (bicyclic) bond motifs is 2. The Bertz CT molecular complexity index is 2470. The molecule has 14 nitrogen and oxygen atoms in total. The van der Waals surface area contributed by atoms with Crippen LogP contribution < -0.4 is 24.3 Å². The van der Waals surface area contributed by atoms with E-state index in [1.165, 1.54) is 22.7 Å². The molecule has 6 aromatic rings. The Morgan fingerprint density at radius 2 is 1.55 bits per heavy atom. The zero-order valence-corrected chi connectivity index (χ0v) is 36.3. The van der Waals surface area contributed by atoms with Crippen molar-refractivity contribution in [3.05, 3.63) is 81.6 Å². The summed E-state index contributed by atoms with van der Waals surface area (Å²) in [6.45, 7) is 8.07. The van der Waals surface area contributed by atoms with Crippen LogP contribution in [0.1, 0.15) is 48.5 Å². The Morgan fingerprint density at radius 1 is 0.783 bits per heavy atom. The molecule has 4 saturated heterocycles. The van der Waals surface area contributed by atoms with Crippen molar-refractivity contribution < 1.29 is 18.8 Å². The molecule has 2 N–H and O–H groups in total. The van der Waals surface area contributed by atoms with Crippen molar-refractivity contribution in [1.29, 1.82) is 0 Å². The van der Waals surface area contributed by atoms with Crippen molar-refractivity contribution in [3.8, 4) is 0 Å². The Kier molecular flexibility index (Phi) is 11.8. The number of hydrogen-bond acceptors (Lipinski definition) is 15. The summed E-state index contributed by atoms with van der Waals surface area (Å²) in [5.74, 6) is 1.79. The molecule has 0 radical (unpaired) electrons. The average molecular weight is 888 g/mol. The molecule has 0 amide bonds. The Balaban J connectivity index is 0.809. The maximum absolute atomic E-state index is 14.1. The number of halogens is 1. The van der Waals surface area contributed by atoms with E-state index in [9.17, 15) is 9.32 Å². The van der Waals surface area contributed by atoms with Gasteiger partial charge in [-0.15, -0.1) is 22.7 Å². The van der Waals surface area contributed by atoms with Crippen LogP contribution in [-0.4, -0.2) is 112 Å². The van der Waals surface area contributed by atoms with Gasteiger partial charge in [0, 0.05) is 104 Å². The summed E-state index contributed by atoms with van der Waals surface area (Å²) in [4.78, 5) is 32.2. The molecule has 314 valence electrons. The average Bonchev–Trinajstić information content (AvgIpc) is 4.03. The first kappa shape index (κ1) is 40.0. The second kappa shape index (κ2) is 17.7. The summed E-state index contributed by atoms with van der Waals surface area (Å²) >= 11 is 9.53. The zero-order chi connectivity index (χ0) is 40.6. The first-order chi connectivity index (χ1) is 29.4. The van der Waals surface area contributed by atoms with Crippen molar-refractivity contribution in [2.45, 2.75) is 48.1 Å². The number of nitrogens with zero attached hydrogens (tertiary/aromatic N) is 9. The fraction of sp³-hybridized carbons (Fsp3) is 0.452. The van der Waals surface area contributed by atoms with Gasteiger partial charge in [0.1, 0.15) is 50.4 Å². The first-order valence-electron chi connectivity index (χ1n) is 20.7. The van der Waals surface area contributed by atoms with Gasteiger partial charge in [0.25, 0.3) is 0 Å². The van der Waals surface area contributed by atoms with Crippen LogP contribution in [0.15, 0.2) is 70.0 Å². The molecule has 18 heteroatoms. The number of aliphatic hydroxyl groups is 1. The van der Waals surface area contributed by atoms with Gasteiger partial charge in [-0.1, -0.05) is 0 Å². The van der Waals surface area contributed by atoms with E-state index in [1.54, 1.807) is 12.5 Å². The van der Waals surface area contributed by atoms with Gasteiger partial charge in [0.2, 0.25) is 5.28 Å². The number of anilines is 4.